The fraction of sp³-hybridized carbons (Fsp3) is 0.158. The fourth-order valence-electron chi connectivity index (χ4n) is 2.52. The maximum atomic E-state index is 6.41. The van der Waals surface area contributed by atoms with Crippen LogP contribution in [-0.4, -0.2) is 4.57 Å². The highest BCUT2D eigenvalue weighted by atomic mass is 79.9. The van der Waals surface area contributed by atoms with Crippen LogP contribution in [0.3, 0.4) is 0 Å². The van der Waals surface area contributed by atoms with Crippen molar-refractivity contribution >= 4 is 55.1 Å². The van der Waals surface area contributed by atoms with Crippen molar-refractivity contribution in [3.05, 3.63) is 91.0 Å². The molecule has 6 heteroatoms. The standard InChI is InChI=1S/C19H15Br2Cl2NO/c20-14-4-3-13(17(21)9-14)12-25-19(11-24-7-1-2-8-24)16-6-5-15(22)10-18(16)23/h1-10,19H,11-12H2. The third-order valence-corrected chi connectivity index (χ3v) is 5.60. The lowest BCUT2D eigenvalue weighted by atomic mass is 10.1. The van der Waals surface area contributed by atoms with Crippen molar-refractivity contribution in [3.63, 3.8) is 0 Å². The van der Waals surface area contributed by atoms with Gasteiger partial charge in [-0.1, -0.05) is 67.2 Å². The van der Waals surface area contributed by atoms with Crippen molar-refractivity contribution < 1.29 is 4.74 Å². The maximum Gasteiger partial charge on any atom is 0.102 e. The molecule has 130 valence electrons. The van der Waals surface area contributed by atoms with E-state index in [-0.39, 0.29) is 6.10 Å². The minimum atomic E-state index is -0.187. The number of nitrogens with zero attached hydrogens (tertiary/aromatic N) is 1. The van der Waals surface area contributed by atoms with Gasteiger partial charge in [-0.15, -0.1) is 0 Å². The third kappa shape index (κ3) is 5.11. The molecule has 0 aliphatic carbocycles. The van der Waals surface area contributed by atoms with Gasteiger partial charge in [0, 0.05) is 36.9 Å². The first-order chi connectivity index (χ1) is 12.0. The second-order valence-electron chi connectivity index (χ2n) is 5.58. The zero-order valence-corrected chi connectivity index (χ0v) is 17.8. The van der Waals surface area contributed by atoms with Gasteiger partial charge in [-0.2, -0.15) is 0 Å². The number of hydrogen-bond acceptors (Lipinski definition) is 1. The third-order valence-electron chi connectivity index (χ3n) is 3.81. The maximum absolute atomic E-state index is 6.41. The van der Waals surface area contributed by atoms with E-state index in [1.165, 1.54) is 0 Å². The lowest BCUT2D eigenvalue weighted by Crippen LogP contribution is -2.12. The second kappa shape index (κ2) is 8.74. The average Bonchev–Trinajstić information content (AvgIpc) is 3.06. The van der Waals surface area contributed by atoms with E-state index in [2.05, 4.69) is 36.4 Å². The molecule has 25 heavy (non-hydrogen) atoms. The van der Waals surface area contributed by atoms with Gasteiger partial charge in [-0.05, 0) is 42.0 Å². The first-order valence-corrected chi connectivity index (χ1v) is 9.98. The zero-order chi connectivity index (χ0) is 17.8. The molecular formula is C19H15Br2Cl2NO. The van der Waals surface area contributed by atoms with Crippen LogP contribution in [0.5, 0.6) is 0 Å². The molecule has 0 spiro atoms. The van der Waals surface area contributed by atoms with Crippen molar-refractivity contribution in [3.8, 4) is 0 Å². The molecule has 0 N–H and O–H groups in total. The first-order valence-electron chi connectivity index (χ1n) is 7.64. The van der Waals surface area contributed by atoms with Crippen LogP contribution in [0.15, 0.2) is 69.9 Å². The minimum Gasteiger partial charge on any atom is -0.367 e. The van der Waals surface area contributed by atoms with E-state index in [0.717, 1.165) is 20.1 Å². The Morgan fingerprint density at radius 2 is 1.76 bits per heavy atom. The van der Waals surface area contributed by atoms with Crippen LogP contribution in [0, 0.1) is 0 Å². The number of benzene rings is 2. The molecule has 2 nitrogen and oxygen atoms in total. The SMILES string of the molecule is Clc1ccc(C(Cn2cccc2)OCc2ccc(Br)cc2Br)c(Cl)c1. The van der Waals surface area contributed by atoms with Gasteiger partial charge in [-0.25, -0.2) is 0 Å². The summed E-state index contributed by atoms with van der Waals surface area (Å²) in [5.74, 6) is 0. The molecule has 1 unspecified atom stereocenters. The lowest BCUT2D eigenvalue weighted by Gasteiger charge is -2.21. The van der Waals surface area contributed by atoms with Gasteiger partial charge in [0.2, 0.25) is 0 Å². The number of rotatable bonds is 6. The number of ether oxygens (including phenoxy) is 1. The highest BCUT2D eigenvalue weighted by Crippen LogP contribution is 2.31. The molecule has 3 rings (SSSR count). The molecule has 0 saturated heterocycles. The van der Waals surface area contributed by atoms with Crippen molar-refractivity contribution in [1.29, 1.82) is 0 Å². The van der Waals surface area contributed by atoms with E-state index in [9.17, 15) is 0 Å². The summed E-state index contributed by atoms with van der Waals surface area (Å²) in [7, 11) is 0. The van der Waals surface area contributed by atoms with Crippen LogP contribution in [0.25, 0.3) is 0 Å². The summed E-state index contributed by atoms with van der Waals surface area (Å²) in [6.07, 6.45) is 3.83. The molecular weight excluding hydrogens is 489 g/mol. The molecule has 2 aromatic carbocycles. The van der Waals surface area contributed by atoms with E-state index < -0.39 is 0 Å². The Morgan fingerprint density at radius 1 is 1.00 bits per heavy atom. The van der Waals surface area contributed by atoms with E-state index in [0.29, 0.717) is 23.2 Å². The normalized spacial score (nSPS) is 12.3. The van der Waals surface area contributed by atoms with Crippen LogP contribution >= 0.6 is 55.1 Å². The van der Waals surface area contributed by atoms with Crippen LogP contribution < -0.4 is 0 Å². The molecule has 0 aliphatic heterocycles. The van der Waals surface area contributed by atoms with Crippen molar-refractivity contribution in [2.75, 3.05) is 0 Å². The summed E-state index contributed by atoms with van der Waals surface area (Å²) in [4.78, 5) is 0. The Labute approximate surface area is 174 Å². The Bertz CT molecular complexity index is 853. The van der Waals surface area contributed by atoms with Gasteiger partial charge >= 0.3 is 0 Å². The Morgan fingerprint density at radius 3 is 2.44 bits per heavy atom. The van der Waals surface area contributed by atoms with E-state index in [1.807, 2.05) is 54.9 Å². The van der Waals surface area contributed by atoms with Crippen molar-refractivity contribution in [2.45, 2.75) is 19.3 Å². The highest BCUT2D eigenvalue weighted by molar-refractivity contribution is 9.11. The molecule has 1 aromatic heterocycles. The highest BCUT2D eigenvalue weighted by Gasteiger charge is 2.17. The van der Waals surface area contributed by atoms with Crippen LogP contribution in [0.1, 0.15) is 17.2 Å². The molecule has 1 heterocycles. The molecule has 0 bridgehead atoms. The number of hydrogen-bond donors (Lipinski definition) is 0. The monoisotopic (exact) mass is 501 g/mol. The summed E-state index contributed by atoms with van der Waals surface area (Å²) < 4.78 is 10.3. The topological polar surface area (TPSA) is 14.2 Å². The summed E-state index contributed by atoms with van der Waals surface area (Å²) in [6, 6.07) is 15.5. The molecule has 0 amide bonds. The van der Waals surface area contributed by atoms with Gasteiger partial charge in [-0.3, -0.25) is 0 Å². The number of halogens is 4. The molecule has 0 fully saturated rings. The molecule has 0 aliphatic rings. The van der Waals surface area contributed by atoms with Gasteiger partial charge in [0.05, 0.1) is 13.2 Å². The van der Waals surface area contributed by atoms with Gasteiger partial charge < -0.3 is 9.30 Å². The van der Waals surface area contributed by atoms with Gasteiger partial charge in [0.15, 0.2) is 0 Å². The molecule has 0 saturated carbocycles. The summed E-state index contributed by atoms with van der Waals surface area (Å²) in [5.41, 5.74) is 2.00. The fourth-order valence-corrected chi connectivity index (χ4v) is 4.21. The predicted molar refractivity (Wildman–Crippen MR) is 110 cm³/mol. The predicted octanol–water partition coefficient (Wildman–Crippen LogP) is 7.28. The van der Waals surface area contributed by atoms with Crippen LogP contribution in [0.2, 0.25) is 10.0 Å². The minimum absolute atomic E-state index is 0.187. The number of aromatic nitrogens is 1. The van der Waals surface area contributed by atoms with Crippen molar-refractivity contribution in [1.82, 2.24) is 4.57 Å². The Balaban J connectivity index is 1.83. The molecule has 3 aromatic rings. The van der Waals surface area contributed by atoms with E-state index in [1.54, 1.807) is 6.07 Å². The molecule has 1 atom stereocenters. The first kappa shape index (κ1) is 19.0. The second-order valence-corrected chi connectivity index (χ2v) is 8.19. The van der Waals surface area contributed by atoms with Crippen molar-refractivity contribution in [2.24, 2.45) is 0 Å². The lowest BCUT2D eigenvalue weighted by molar-refractivity contribution is 0.0278. The average molecular weight is 504 g/mol. The smallest absolute Gasteiger partial charge is 0.102 e. The summed E-state index contributed by atoms with van der Waals surface area (Å²) in [5, 5.41) is 1.23. The van der Waals surface area contributed by atoms with Gasteiger partial charge in [0.25, 0.3) is 0 Å². The Kier molecular flexibility index (Phi) is 6.64. The van der Waals surface area contributed by atoms with Crippen LogP contribution in [0.4, 0.5) is 0 Å². The van der Waals surface area contributed by atoms with Gasteiger partial charge in [0.1, 0.15) is 6.10 Å². The Hall–Kier alpha value is -0.780. The van der Waals surface area contributed by atoms with E-state index >= 15 is 0 Å². The zero-order valence-electron chi connectivity index (χ0n) is 13.1. The summed E-state index contributed by atoms with van der Waals surface area (Å²) >= 11 is 19.5. The summed E-state index contributed by atoms with van der Waals surface area (Å²) in [6.45, 7) is 1.14. The largest absolute Gasteiger partial charge is 0.367 e. The molecule has 0 radical (unpaired) electrons. The van der Waals surface area contributed by atoms with E-state index in [4.69, 9.17) is 27.9 Å². The quantitative estimate of drug-likeness (QED) is 0.345. The van der Waals surface area contributed by atoms with Crippen LogP contribution in [-0.2, 0) is 17.9 Å².